The summed E-state index contributed by atoms with van der Waals surface area (Å²) in [6.45, 7) is 7.47. The molecule has 0 spiro atoms. The summed E-state index contributed by atoms with van der Waals surface area (Å²) in [5.74, 6) is 0. The first kappa shape index (κ1) is 11.7. The van der Waals surface area contributed by atoms with Crippen LogP contribution in [-0.2, 0) is 4.74 Å². The Morgan fingerprint density at radius 2 is 2.06 bits per heavy atom. The fourth-order valence-electron chi connectivity index (χ4n) is 1.80. The third-order valence-corrected chi connectivity index (χ3v) is 2.99. The Labute approximate surface area is 97.3 Å². The summed E-state index contributed by atoms with van der Waals surface area (Å²) in [7, 11) is 0. The highest BCUT2D eigenvalue weighted by atomic mass is 16.6. The number of amides is 1. The molecule has 4 heteroatoms. The lowest BCUT2D eigenvalue weighted by atomic mass is 10.0. The lowest BCUT2D eigenvalue weighted by Gasteiger charge is -2.41. The van der Waals surface area contributed by atoms with Crippen molar-refractivity contribution in [1.29, 1.82) is 0 Å². The fourth-order valence-corrected chi connectivity index (χ4v) is 1.80. The molecule has 1 atom stereocenters. The Bertz CT molecular complexity index is 269. The first-order valence-electron chi connectivity index (χ1n) is 6.19. The number of ether oxygens (including phenoxy) is 1. The van der Waals surface area contributed by atoms with Crippen LogP contribution < -0.4 is 5.32 Å². The smallest absolute Gasteiger partial charge is 0.410 e. The molecular weight excluding hydrogens is 204 g/mol. The van der Waals surface area contributed by atoms with Gasteiger partial charge in [-0.05, 0) is 40.0 Å². The number of carbonyl (C=O) groups is 1. The zero-order chi connectivity index (χ0) is 11.8. The summed E-state index contributed by atoms with van der Waals surface area (Å²) in [5, 5.41) is 3.46. The van der Waals surface area contributed by atoms with Gasteiger partial charge in [0, 0.05) is 25.2 Å². The molecule has 0 aromatic heterocycles. The molecular formula is C12H22N2O2. The van der Waals surface area contributed by atoms with Crippen LogP contribution in [0.25, 0.3) is 0 Å². The van der Waals surface area contributed by atoms with E-state index in [0.717, 1.165) is 19.5 Å². The van der Waals surface area contributed by atoms with E-state index in [-0.39, 0.29) is 11.7 Å². The Hall–Kier alpha value is -0.770. The van der Waals surface area contributed by atoms with Crippen LogP contribution in [0.4, 0.5) is 4.79 Å². The average molecular weight is 226 g/mol. The van der Waals surface area contributed by atoms with E-state index in [1.807, 2.05) is 25.7 Å². The summed E-state index contributed by atoms with van der Waals surface area (Å²) in [5.41, 5.74) is -0.388. The van der Waals surface area contributed by atoms with E-state index in [0.29, 0.717) is 12.1 Å². The third kappa shape index (κ3) is 3.11. The number of hydrogen-bond acceptors (Lipinski definition) is 3. The highest BCUT2D eigenvalue weighted by Gasteiger charge is 2.35. The fraction of sp³-hybridized carbons (Fsp3) is 0.917. The molecule has 0 aromatic carbocycles. The van der Waals surface area contributed by atoms with Gasteiger partial charge < -0.3 is 15.0 Å². The molecule has 92 valence electrons. The van der Waals surface area contributed by atoms with Crippen LogP contribution in [0.15, 0.2) is 0 Å². The highest BCUT2D eigenvalue weighted by Crippen LogP contribution is 2.23. The predicted octanol–water partition coefficient (Wildman–Crippen LogP) is 1.75. The number of rotatable bonds is 3. The van der Waals surface area contributed by atoms with Gasteiger partial charge in [-0.1, -0.05) is 0 Å². The minimum Gasteiger partial charge on any atom is -0.444 e. The SMILES string of the molecule is CC(C)(C)OC(=O)N1CCC1CNC1CC1. The molecule has 4 nitrogen and oxygen atoms in total. The molecule has 0 aromatic rings. The van der Waals surface area contributed by atoms with E-state index in [2.05, 4.69) is 5.32 Å². The first-order chi connectivity index (χ1) is 7.46. The molecule has 0 radical (unpaired) electrons. The minimum atomic E-state index is -0.388. The number of nitrogens with zero attached hydrogens (tertiary/aromatic N) is 1. The average Bonchev–Trinajstić information content (AvgIpc) is 2.81. The van der Waals surface area contributed by atoms with Crippen molar-refractivity contribution >= 4 is 6.09 Å². The maximum atomic E-state index is 11.8. The molecule has 1 saturated carbocycles. The molecule has 1 N–H and O–H groups in total. The van der Waals surface area contributed by atoms with Gasteiger partial charge >= 0.3 is 6.09 Å². The summed E-state index contributed by atoms with van der Waals surface area (Å²) in [4.78, 5) is 13.6. The van der Waals surface area contributed by atoms with Crippen molar-refractivity contribution in [3.63, 3.8) is 0 Å². The van der Waals surface area contributed by atoms with Crippen molar-refractivity contribution in [2.75, 3.05) is 13.1 Å². The van der Waals surface area contributed by atoms with Crippen LogP contribution >= 0.6 is 0 Å². The Balaban J connectivity index is 1.73. The zero-order valence-corrected chi connectivity index (χ0v) is 10.5. The molecule has 1 heterocycles. The largest absolute Gasteiger partial charge is 0.444 e. The van der Waals surface area contributed by atoms with Crippen molar-refractivity contribution in [2.24, 2.45) is 0 Å². The lowest BCUT2D eigenvalue weighted by Crippen LogP contribution is -2.56. The molecule has 1 unspecified atom stereocenters. The second kappa shape index (κ2) is 4.24. The predicted molar refractivity (Wildman–Crippen MR) is 62.4 cm³/mol. The van der Waals surface area contributed by atoms with Crippen LogP contribution in [-0.4, -0.2) is 41.8 Å². The third-order valence-electron chi connectivity index (χ3n) is 2.99. The molecule has 1 aliphatic carbocycles. The standard InChI is InChI=1S/C12H22N2O2/c1-12(2,3)16-11(15)14-7-6-10(14)8-13-9-4-5-9/h9-10,13H,4-8H2,1-3H3. The van der Waals surface area contributed by atoms with Gasteiger partial charge in [0.2, 0.25) is 0 Å². The second-order valence-corrected chi connectivity index (χ2v) is 5.80. The molecule has 1 amide bonds. The van der Waals surface area contributed by atoms with Gasteiger partial charge in [0.1, 0.15) is 5.60 Å². The van der Waals surface area contributed by atoms with Gasteiger partial charge in [-0.2, -0.15) is 0 Å². The molecule has 2 rings (SSSR count). The summed E-state index contributed by atoms with van der Waals surface area (Å²) < 4.78 is 5.35. The topological polar surface area (TPSA) is 41.6 Å². The van der Waals surface area contributed by atoms with Crippen LogP contribution in [0.5, 0.6) is 0 Å². The van der Waals surface area contributed by atoms with Crippen molar-refractivity contribution in [1.82, 2.24) is 10.2 Å². The van der Waals surface area contributed by atoms with E-state index in [1.165, 1.54) is 12.8 Å². The quantitative estimate of drug-likeness (QED) is 0.797. The number of nitrogens with one attached hydrogen (secondary N) is 1. The Morgan fingerprint density at radius 1 is 1.38 bits per heavy atom. The molecule has 2 aliphatic rings. The van der Waals surface area contributed by atoms with Gasteiger partial charge in [0.05, 0.1) is 0 Å². The van der Waals surface area contributed by atoms with Gasteiger partial charge in [0.15, 0.2) is 0 Å². The van der Waals surface area contributed by atoms with Gasteiger partial charge in [-0.25, -0.2) is 4.79 Å². The Kier molecular flexibility index (Phi) is 3.10. The lowest BCUT2D eigenvalue weighted by molar-refractivity contribution is -0.00496. The molecule has 2 fully saturated rings. The van der Waals surface area contributed by atoms with E-state index < -0.39 is 0 Å². The maximum absolute atomic E-state index is 11.8. The van der Waals surface area contributed by atoms with Crippen molar-refractivity contribution < 1.29 is 9.53 Å². The van der Waals surface area contributed by atoms with Crippen LogP contribution in [0.3, 0.4) is 0 Å². The zero-order valence-electron chi connectivity index (χ0n) is 10.5. The van der Waals surface area contributed by atoms with Gasteiger partial charge in [-0.3, -0.25) is 0 Å². The maximum Gasteiger partial charge on any atom is 0.410 e. The van der Waals surface area contributed by atoms with Crippen molar-refractivity contribution in [3.8, 4) is 0 Å². The monoisotopic (exact) mass is 226 g/mol. The van der Waals surface area contributed by atoms with Gasteiger partial charge in [-0.15, -0.1) is 0 Å². The number of carbonyl (C=O) groups excluding carboxylic acids is 1. The number of hydrogen-bond donors (Lipinski definition) is 1. The van der Waals surface area contributed by atoms with Gasteiger partial charge in [0.25, 0.3) is 0 Å². The second-order valence-electron chi connectivity index (χ2n) is 5.80. The van der Waals surface area contributed by atoms with Crippen LogP contribution in [0.2, 0.25) is 0 Å². The summed E-state index contributed by atoms with van der Waals surface area (Å²) in [6, 6.07) is 1.05. The van der Waals surface area contributed by atoms with Crippen LogP contribution in [0.1, 0.15) is 40.0 Å². The molecule has 16 heavy (non-hydrogen) atoms. The molecule has 0 bridgehead atoms. The van der Waals surface area contributed by atoms with E-state index in [1.54, 1.807) is 0 Å². The number of likely N-dealkylation sites (tertiary alicyclic amines) is 1. The molecule has 1 aliphatic heterocycles. The first-order valence-corrected chi connectivity index (χ1v) is 6.19. The van der Waals surface area contributed by atoms with E-state index in [9.17, 15) is 4.79 Å². The van der Waals surface area contributed by atoms with E-state index >= 15 is 0 Å². The highest BCUT2D eigenvalue weighted by molar-refractivity contribution is 5.69. The van der Waals surface area contributed by atoms with Crippen LogP contribution in [0, 0.1) is 0 Å². The normalized spacial score (nSPS) is 25.2. The Morgan fingerprint density at radius 3 is 2.50 bits per heavy atom. The molecule has 1 saturated heterocycles. The van der Waals surface area contributed by atoms with E-state index in [4.69, 9.17) is 4.74 Å². The summed E-state index contributed by atoms with van der Waals surface area (Å²) in [6.07, 6.45) is 3.51. The van der Waals surface area contributed by atoms with Crippen molar-refractivity contribution in [3.05, 3.63) is 0 Å². The minimum absolute atomic E-state index is 0.165. The van der Waals surface area contributed by atoms with Crippen molar-refractivity contribution in [2.45, 2.75) is 57.7 Å². The summed E-state index contributed by atoms with van der Waals surface area (Å²) >= 11 is 0.